The lowest BCUT2D eigenvalue weighted by atomic mass is 10.1. The van der Waals surface area contributed by atoms with E-state index in [1.807, 2.05) is 0 Å². The smallest absolute Gasteiger partial charge is 0.308 e. The summed E-state index contributed by atoms with van der Waals surface area (Å²) in [6, 6.07) is 3.38. The van der Waals surface area contributed by atoms with Crippen molar-refractivity contribution in [3.8, 4) is 0 Å². The molecule has 0 aliphatic rings. The van der Waals surface area contributed by atoms with E-state index in [-0.39, 0.29) is 18.2 Å². The number of rotatable bonds is 7. The zero-order chi connectivity index (χ0) is 15.1. The van der Waals surface area contributed by atoms with Crippen molar-refractivity contribution in [1.29, 1.82) is 0 Å². The summed E-state index contributed by atoms with van der Waals surface area (Å²) in [5.41, 5.74) is 0. The molecule has 20 heavy (non-hydrogen) atoms. The largest absolute Gasteiger partial charge is 0.481 e. The molecule has 1 aromatic carbocycles. The molecular formula is C13H15F2NO3S. The highest BCUT2D eigenvalue weighted by molar-refractivity contribution is 8.00. The van der Waals surface area contributed by atoms with Crippen LogP contribution in [-0.2, 0) is 9.59 Å². The number of thioether (sulfide) groups is 1. The van der Waals surface area contributed by atoms with Crippen LogP contribution in [0, 0.1) is 17.6 Å². The molecule has 1 amide bonds. The van der Waals surface area contributed by atoms with E-state index in [9.17, 15) is 18.4 Å². The van der Waals surface area contributed by atoms with Gasteiger partial charge >= 0.3 is 5.97 Å². The van der Waals surface area contributed by atoms with Crippen LogP contribution in [0.2, 0.25) is 0 Å². The van der Waals surface area contributed by atoms with Crippen LogP contribution in [0.1, 0.15) is 13.3 Å². The van der Waals surface area contributed by atoms with E-state index in [0.717, 1.165) is 23.9 Å². The van der Waals surface area contributed by atoms with Crippen molar-refractivity contribution >= 4 is 23.6 Å². The van der Waals surface area contributed by atoms with E-state index in [2.05, 4.69) is 5.32 Å². The van der Waals surface area contributed by atoms with Crippen molar-refractivity contribution in [2.24, 2.45) is 5.92 Å². The Bertz CT molecular complexity index is 497. The monoisotopic (exact) mass is 303 g/mol. The van der Waals surface area contributed by atoms with Gasteiger partial charge < -0.3 is 10.4 Å². The van der Waals surface area contributed by atoms with Gasteiger partial charge in [0, 0.05) is 11.4 Å². The van der Waals surface area contributed by atoms with Gasteiger partial charge in [0.25, 0.3) is 0 Å². The van der Waals surface area contributed by atoms with Crippen molar-refractivity contribution in [1.82, 2.24) is 5.32 Å². The first-order valence-electron chi connectivity index (χ1n) is 6.01. The number of hydrogen-bond acceptors (Lipinski definition) is 3. The molecule has 0 aliphatic heterocycles. The summed E-state index contributed by atoms with van der Waals surface area (Å²) in [5.74, 6) is -3.81. The number of carboxylic acid groups (broad SMARTS) is 1. The van der Waals surface area contributed by atoms with Gasteiger partial charge in [-0.1, -0.05) is 6.92 Å². The SMILES string of the molecule is CCC(CNC(=O)CSc1ccc(F)c(F)c1)C(=O)O. The first kappa shape index (κ1) is 16.4. The Morgan fingerprint density at radius 3 is 2.60 bits per heavy atom. The Hall–Kier alpha value is -1.63. The number of aliphatic carboxylic acids is 1. The van der Waals surface area contributed by atoms with Gasteiger partial charge in [0.2, 0.25) is 5.91 Å². The van der Waals surface area contributed by atoms with Crippen LogP contribution in [-0.4, -0.2) is 29.3 Å². The second kappa shape index (κ2) is 7.84. The lowest BCUT2D eigenvalue weighted by Gasteiger charge is -2.10. The number of carbonyl (C=O) groups is 2. The molecule has 0 heterocycles. The van der Waals surface area contributed by atoms with Crippen molar-refractivity contribution < 1.29 is 23.5 Å². The molecule has 4 nitrogen and oxygen atoms in total. The number of halogens is 2. The zero-order valence-electron chi connectivity index (χ0n) is 10.9. The van der Waals surface area contributed by atoms with E-state index in [1.165, 1.54) is 6.07 Å². The Morgan fingerprint density at radius 1 is 1.35 bits per heavy atom. The second-order valence-corrected chi connectivity index (χ2v) is 5.16. The van der Waals surface area contributed by atoms with Crippen molar-refractivity contribution in [2.75, 3.05) is 12.3 Å². The van der Waals surface area contributed by atoms with Crippen molar-refractivity contribution in [2.45, 2.75) is 18.2 Å². The number of carboxylic acids is 1. The van der Waals surface area contributed by atoms with E-state index >= 15 is 0 Å². The molecule has 1 unspecified atom stereocenters. The molecule has 0 fully saturated rings. The van der Waals surface area contributed by atoms with Crippen molar-refractivity contribution in [3.63, 3.8) is 0 Å². The van der Waals surface area contributed by atoms with Crippen molar-refractivity contribution in [3.05, 3.63) is 29.8 Å². The summed E-state index contributed by atoms with van der Waals surface area (Å²) < 4.78 is 25.6. The minimum Gasteiger partial charge on any atom is -0.481 e. The second-order valence-electron chi connectivity index (χ2n) is 4.11. The molecule has 0 saturated heterocycles. The van der Waals surface area contributed by atoms with Gasteiger partial charge in [0.1, 0.15) is 0 Å². The maximum absolute atomic E-state index is 12.9. The lowest BCUT2D eigenvalue weighted by Crippen LogP contribution is -2.33. The van der Waals surface area contributed by atoms with E-state index in [0.29, 0.717) is 11.3 Å². The predicted molar refractivity (Wildman–Crippen MR) is 71.5 cm³/mol. The summed E-state index contributed by atoms with van der Waals surface area (Å²) in [6.45, 7) is 1.78. The number of benzene rings is 1. The van der Waals surface area contributed by atoms with Crippen LogP contribution in [0.25, 0.3) is 0 Å². The van der Waals surface area contributed by atoms with E-state index in [1.54, 1.807) is 6.92 Å². The molecular weight excluding hydrogens is 288 g/mol. The standard InChI is InChI=1S/C13H15F2NO3S/c1-2-8(13(18)19)6-16-12(17)7-20-9-3-4-10(14)11(15)5-9/h3-5,8H,2,6-7H2,1H3,(H,16,17)(H,18,19). The summed E-state index contributed by atoms with van der Waals surface area (Å²) in [6.07, 6.45) is 0.423. The van der Waals surface area contributed by atoms with Crippen LogP contribution < -0.4 is 5.32 Å². The summed E-state index contributed by atoms with van der Waals surface area (Å²) in [4.78, 5) is 22.7. The molecule has 1 atom stereocenters. The van der Waals surface area contributed by atoms with E-state index in [4.69, 9.17) is 5.11 Å². The third-order valence-electron chi connectivity index (χ3n) is 2.65. The van der Waals surface area contributed by atoms with Gasteiger partial charge in [-0.15, -0.1) is 11.8 Å². The normalized spacial score (nSPS) is 11.9. The van der Waals surface area contributed by atoms with E-state index < -0.39 is 23.5 Å². The summed E-state index contributed by atoms with van der Waals surface area (Å²) in [5, 5.41) is 11.3. The van der Waals surface area contributed by atoms with Crippen LogP contribution in [0.5, 0.6) is 0 Å². The maximum Gasteiger partial charge on any atom is 0.308 e. The number of hydrogen-bond donors (Lipinski definition) is 2. The summed E-state index contributed by atoms with van der Waals surface area (Å²) >= 11 is 1.05. The van der Waals surface area contributed by atoms with Crippen LogP contribution in [0.3, 0.4) is 0 Å². The lowest BCUT2D eigenvalue weighted by molar-refractivity contribution is -0.141. The molecule has 0 aromatic heterocycles. The van der Waals surface area contributed by atoms with Gasteiger partial charge in [-0.2, -0.15) is 0 Å². The minimum atomic E-state index is -0.965. The van der Waals surface area contributed by atoms with Gasteiger partial charge in [-0.3, -0.25) is 9.59 Å². The third-order valence-corrected chi connectivity index (χ3v) is 3.64. The fourth-order valence-corrected chi connectivity index (χ4v) is 2.16. The van der Waals surface area contributed by atoms with Crippen LogP contribution >= 0.6 is 11.8 Å². The predicted octanol–water partition coefficient (Wildman–Crippen LogP) is 2.28. The molecule has 0 radical (unpaired) electrons. The number of carbonyl (C=O) groups excluding carboxylic acids is 1. The third kappa shape index (κ3) is 5.16. The van der Waals surface area contributed by atoms with Crippen LogP contribution in [0.15, 0.2) is 23.1 Å². The quantitative estimate of drug-likeness (QED) is 0.758. The molecule has 0 spiro atoms. The fraction of sp³-hybridized carbons (Fsp3) is 0.385. The number of amides is 1. The van der Waals surface area contributed by atoms with Gasteiger partial charge in [0.05, 0.1) is 11.7 Å². The average Bonchev–Trinajstić information content (AvgIpc) is 2.40. The fourth-order valence-electron chi connectivity index (χ4n) is 1.41. The summed E-state index contributed by atoms with van der Waals surface area (Å²) in [7, 11) is 0. The minimum absolute atomic E-state index is 0.0150. The average molecular weight is 303 g/mol. The zero-order valence-corrected chi connectivity index (χ0v) is 11.7. The Kier molecular flexibility index (Phi) is 6.44. The highest BCUT2D eigenvalue weighted by atomic mass is 32.2. The number of nitrogens with one attached hydrogen (secondary N) is 1. The molecule has 110 valence electrons. The molecule has 2 N–H and O–H groups in total. The highest BCUT2D eigenvalue weighted by Gasteiger charge is 2.15. The molecule has 0 bridgehead atoms. The molecule has 1 rings (SSSR count). The first-order chi connectivity index (χ1) is 9.43. The first-order valence-corrected chi connectivity index (χ1v) is 7.00. The van der Waals surface area contributed by atoms with Gasteiger partial charge in [0.15, 0.2) is 11.6 Å². The molecule has 0 aliphatic carbocycles. The van der Waals surface area contributed by atoms with Gasteiger partial charge in [-0.25, -0.2) is 8.78 Å². The Morgan fingerprint density at radius 2 is 2.05 bits per heavy atom. The molecule has 1 aromatic rings. The highest BCUT2D eigenvalue weighted by Crippen LogP contribution is 2.20. The Balaban J connectivity index is 2.39. The Labute approximate surface area is 119 Å². The molecule has 7 heteroatoms. The topological polar surface area (TPSA) is 66.4 Å². The van der Waals surface area contributed by atoms with Crippen LogP contribution in [0.4, 0.5) is 8.78 Å². The molecule has 0 saturated carbocycles. The maximum atomic E-state index is 12.9. The van der Waals surface area contributed by atoms with Gasteiger partial charge in [-0.05, 0) is 24.6 Å².